The second-order valence-electron chi connectivity index (χ2n) is 3.56. The maximum atomic E-state index is 12.7. The van der Waals surface area contributed by atoms with Crippen LogP contribution < -0.4 is 0 Å². The quantitative estimate of drug-likeness (QED) is 0.569. The number of aromatic nitrogens is 1. The average Bonchev–Trinajstić information content (AvgIpc) is 2.31. The summed E-state index contributed by atoms with van der Waals surface area (Å²) in [4.78, 5) is 14.3. The zero-order valence-electron chi connectivity index (χ0n) is 8.77. The van der Waals surface area contributed by atoms with Gasteiger partial charge in [-0.1, -0.05) is 12.1 Å². The van der Waals surface area contributed by atoms with E-state index in [9.17, 15) is 9.18 Å². The van der Waals surface area contributed by atoms with E-state index in [-0.39, 0.29) is 0 Å². The summed E-state index contributed by atoms with van der Waals surface area (Å²) in [6.45, 7) is 1.94. The van der Waals surface area contributed by atoms with Gasteiger partial charge in [0.25, 0.3) is 0 Å². The van der Waals surface area contributed by atoms with Crippen LogP contribution in [0.4, 0.5) is 4.39 Å². The first-order valence-corrected chi connectivity index (χ1v) is 4.88. The predicted molar refractivity (Wildman–Crippen MR) is 59.8 cm³/mol. The van der Waals surface area contributed by atoms with Gasteiger partial charge < -0.3 is 0 Å². The van der Waals surface area contributed by atoms with Crippen LogP contribution in [0.2, 0.25) is 0 Å². The largest absolute Gasteiger partial charge is 0.298 e. The van der Waals surface area contributed by atoms with Gasteiger partial charge in [0.05, 0.1) is 0 Å². The number of nitrogens with zero attached hydrogens (tertiary/aromatic N) is 1. The molecule has 2 nitrogen and oxygen atoms in total. The lowest BCUT2D eigenvalue weighted by molar-refractivity contribution is 0.112. The molecule has 0 aliphatic heterocycles. The third kappa shape index (κ3) is 1.98. The molecule has 16 heavy (non-hydrogen) atoms. The molecule has 0 spiro atoms. The Labute approximate surface area is 92.8 Å². The Bertz CT molecular complexity index is 520. The van der Waals surface area contributed by atoms with Gasteiger partial charge in [0.2, 0.25) is 5.95 Å². The highest BCUT2D eigenvalue weighted by Crippen LogP contribution is 2.23. The molecule has 0 N–H and O–H groups in total. The monoisotopic (exact) mass is 215 g/mol. The summed E-state index contributed by atoms with van der Waals surface area (Å²) in [6, 6.07) is 8.35. The van der Waals surface area contributed by atoms with Crippen molar-refractivity contribution in [3.05, 3.63) is 53.6 Å². The number of hydrogen-bond donors (Lipinski definition) is 0. The Morgan fingerprint density at radius 2 is 2.06 bits per heavy atom. The van der Waals surface area contributed by atoms with E-state index in [2.05, 4.69) is 4.98 Å². The zero-order chi connectivity index (χ0) is 11.5. The maximum Gasteiger partial charge on any atom is 0.212 e. The zero-order valence-corrected chi connectivity index (χ0v) is 8.77. The van der Waals surface area contributed by atoms with Crippen molar-refractivity contribution in [3.8, 4) is 11.1 Å². The first-order chi connectivity index (χ1) is 7.70. The summed E-state index contributed by atoms with van der Waals surface area (Å²) in [6.07, 6.45) is 2.26. The molecule has 0 unspecified atom stereocenters. The van der Waals surface area contributed by atoms with Crippen molar-refractivity contribution in [2.75, 3.05) is 0 Å². The molecule has 0 bridgehead atoms. The maximum absolute atomic E-state index is 12.7. The topological polar surface area (TPSA) is 30.0 Å². The molecule has 0 atom stereocenters. The van der Waals surface area contributed by atoms with E-state index in [1.165, 1.54) is 12.3 Å². The summed E-state index contributed by atoms with van der Waals surface area (Å²) >= 11 is 0. The fourth-order valence-corrected chi connectivity index (χ4v) is 1.56. The minimum Gasteiger partial charge on any atom is -0.298 e. The number of aldehydes is 1. The van der Waals surface area contributed by atoms with E-state index in [1.807, 2.05) is 13.0 Å². The highest BCUT2D eigenvalue weighted by atomic mass is 19.1. The number of carbonyl (C=O) groups excluding carboxylic acids is 1. The van der Waals surface area contributed by atoms with Gasteiger partial charge >= 0.3 is 0 Å². The molecule has 0 saturated carbocycles. The molecule has 0 saturated heterocycles. The second kappa shape index (κ2) is 4.23. The third-order valence-electron chi connectivity index (χ3n) is 2.44. The Morgan fingerprint density at radius 1 is 1.25 bits per heavy atom. The van der Waals surface area contributed by atoms with E-state index in [0.29, 0.717) is 5.56 Å². The smallest absolute Gasteiger partial charge is 0.212 e. The van der Waals surface area contributed by atoms with Crippen molar-refractivity contribution in [2.45, 2.75) is 6.92 Å². The lowest BCUT2D eigenvalue weighted by atomic mass is 10.00. The predicted octanol–water partition coefficient (Wildman–Crippen LogP) is 3.01. The van der Waals surface area contributed by atoms with Gasteiger partial charge in [-0.3, -0.25) is 4.79 Å². The Kier molecular flexibility index (Phi) is 2.77. The summed E-state index contributed by atoms with van der Waals surface area (Å²) < 4.78 is 12.7. The molecule has 1 aromatic carbocycles. The lowest BCUT2D eigenvalue weighted by Crippen LogP contribution is -1.89. The Hall–Kier alpha value is -2.03. The van der Waals surface area contributed by atoms with Gasteiger partial charge in [-0.25, -0.2) is 4.98 Å². The first-order valence-electron chi connectivity index (χ1n) is 4.88. The summed E-state index contributed by atoms with van der Waals surface area (Å²) in [5.74, 6) is -0.507. The van der Waals surface area contributed by atoms with E-state index in [4.69, 9.17) is 0 Å². The molecule has 0 aliphatic rings. The van der Waals surface area contributed by atoms with Gasteiger partial charge in [0.15, 0.2) is 0 Å². The van der Waals surface area contributed by atoms with E-state index in [0.717, 1.165) is 23.0 Å². The second-order valence-corrected chi connectivity index (χ2v) is 3.56. The molecular weight excluding hydrogens is 205 g/mol. The van der Waals surface area contributed by atoms with Crippen LogP contribution in [0.25, 0.3) is 11.1 Å². The van der Waals surface area contributed by atoms with Crippen LogP contribution in [0.15, 0.2) is 36.5 Å². The number of halogens is 1. The van der Waals surface area contributed by atoms with Crippen LogP contribution in [0, 0.1) is 12.9 Å². The average molecular weight is 215 g/mol. The summed E-state index contributed by atoms with van der Waals surface area (Å²) in [5.41, 5.74) is 3.34. The van der Waals surface area contributed by atoms with Crippen molar-refractivity contribution < 1.29 is 9.18 Å². The van der Waals surface area contributed by atoms with Crippen molar-refractivity contribution in [3.63, 3.8) is 0 Å². The standard InChI is InChI=1S/C13H10FNO/c1-9-2-3-10(8-16)6-12(9)11-4-5-13(14)15-7-11/h2-8H,1H3. The number of pyridine rings is 1. The van der Waals surface area contributed by atoms with Gasteiger partial charge in [-0.05, 0) is 36.2 Å². The Morgan fingerprint density at radius 3 is 2.69 bits per heavy atom. The fraction of sp³-hybridized carbons (Fsp3) is 0.0769. The highest BCUT2D eigenvalue weighted by Gasteiger charge is 2.04. The van der Waals surface area contributed by atoms with Crippen molar-refractivity contribution >= 4 is 6.29 Å². The van der Waals surface area contributed by atoms with Crippen LogP contribution in [0.3, 0.4) is 0 Å². The Balaban J connectivity index is 2.54. The van der Waals surface area contributed by atoms with Crippen molar-refractivity contribution in [2.24, 2.45) is 0 Å². The van der Waals surface area contributed by atoms with E-state index in [1.54, 1.807) is 18.2 Å². The number of carbonyl (C=O) groups is 1. The summed E-state index contributed by atoms with van der Waals surface area (Å²) in [7, 11) is 0. The van der Waals surface area contributed by atoms with Gasteiger partial charge in [-0.2, -0.15) is 4.39 Å². The van der Waals surface area contributed by atoms with Crippen LogP contribution in [-0.4, -0.2) is 11.3 Å². The molecule has 0 aliphatic carbocycles. The molecule has 0 radical (unpaired) electrons. The highest BCUT2D eigenvalue weighted by molar-refractivity contribution is 5.79. The van der Waals surface area contributed by atoms with Crippen LogP contribution in [0.5, 0.6) is 0 Å². The number of rotatable bonds is 2. The molecule has 1 heterocycles. The van der Waals surface area contributed by atoms with Crippen molar-refractivity contribution in [1.82, 2.24) is 4.98 Å². The third-order valence-corrected chi connectivity index (χ3v) is 2.44. The molecular formula is C13H10FNO. The number of aryl methyl sites for hydroxylation is 1. The van der Waals surface area contributed by atoms with Crippen LogP contribution in [-0.2, 0) is 0 Å². The minimum atomic E-state index is -0.507. The molecule has 3 heteroatoms. The van der Waals surface area contributed by atoms with Gasteiger partial charge in [0, 0.05) is 17.3 Å². The fourth-order valence-electron chi connectivity index (χ4n) is 1.56. The molecule has 1 aromatic heterocycles. The SMILES string of the molecule is Cc1ccc(C=O)cc1-c1ccc(F)nc1. The van der Waals surface area contributed by atoms with Gasteiger partial charge in [-0.15, -0.1) is 0 Å². The lowest BCUT2D eigenvalue weighted by Gasteiger charge is -2.06. The normalized spacial score (nSPS) is 10.1. The van der Waals surface area contributed by atoms with E-state index >= 15 is 0 Å². The molecule has 2 aromatic rings. The molecule has 2 rings (SSSR count). The van der Waals surface area contributed by atoms with Crippen LogP contribution in [0.1, 0.15) is 15.9 Å². The molecule has 0 fully saturated rings. The first kappa shape index (κ1) is 10.5. The van der Waals surface area contributed by atoms with Gasteiger partial charge in [0.1, 0.15) is 6.29 Å². The summed E-state index contributed by atoms with van der Waals surface area (Å²) in [5, 5.41) is 0. The van der Waals surface area contributed by atoms with Crippen molar-refractivity contribution in [1.29, 1.82) is 0 Å². The number of benzene rings is 1. The minimum absolute atomic E-state index is 0.507. The van der Waals surface area contributed by atoms with Crippen LogP contribution >= 0.6 is 0 Å². The molecule has 0 amide bonds. The van der Waals surface area contributed by atoms with E-state index < -0.39 is 5.95 Å². The number of hydrogen-bond acceptors (Lipinski definition) is 2. The molecule has 80 valence electrons.